The predicted molar refractivity (Wildman–Crippen MR) is 158 cm³/mol. The van der Waals surface area contributed by atoms with Crippen molar-refractivity contribution in [3.8, 4) is 0 Å². The number of hydrogen-bond acceptors (Lipinski definition) is 7. The van der Waals surface area contributed by atoms with Gasteiger partial charge >= 0.3 is 0 Å². The van der Waals surface area contributed by atoms with Crippen LogP contribution in [0.3, 0.4) is 0 Å². The number of rotatable bonds is 9. The third-order valence-electron chi connectivity index (χ3n) is 6.55. The van der Waals surface area contributed by atoms with Crippen molar-refractivity contribution in [3.63, 3.8) is 0 Å². The average Bonchev–Trinajstić information content (AvgIpc) is 2.88. The summed E-state index contributed by atoms with van der Waals surface area (Å²) >= 11 is 6.43. The van der Waals surface area contributed by atoms with Crippen LogP contribution in [0.2, 0.25) is 5.02 Å². The molecule has 0 saturated carbocycles. The number of sulfone groups is 1. The summed E-state index contributed by atoms with van der Waals surface area (Å²) in [6.07, 6.45) is 5.70. The van der Waals surface area contributed by atoms with Crippen molar-refractivity contribution in [1.82, 2.24) is 15.3 Å². The van der Waals surface area contributed by atoms with E-state index in [4.69, 9.17) is 11.6 Å². The molecular weight excluding hydrogens is 518 g/mol. The smallest absolute Gasteiger partial charge is 0.229 e. The predicted octanol–water partition coefficient (Wildman–Crippen LogP) is 6.68. The van der Waals surface area contributed by atoms with Crippen LogP contribution in [0.5, 0.6) is 0 Å². The molecule has 0 saturated heterocycles. The number of benzene rings is 2. The minimum Gasteiger partial charge on any atom is -0.338 e. The van der Waals surface area contributed by atoms with Crippen LogP contribution in [-0.4, -0.2) is 36.7 Å². The Labute approximate surface area is 231 Å². The van der Waals surface area contributed by atoms with Gasteiger partial charge in [-0.3, -0.25) is 0 Å². The van der Waals surface area contributed by atoms with E-state index in [1.54, 1.807) is 38.1 Å². The molecule has 0 amide bonds. The number of anilines is 4. The maximum absolute atomic E-state index is 12.9. The van der Waals surface area contributed by atoms with Crippen LogP contribution in [0.25, 0.3) is 5.57 Å². The second-order valence-electron chi connectivity index (χ2n) is 10.3. The zero-order valence-electron chi connectivity index (χ0n) is 22.6. The van der Waals surface area contributed by atoms with Gasteiger partial charge in [0.25, 0.3) is 0 Å². The lowest BCUT2D eigenvalue weighted by atomic mass is 9.90. The molecule has 9 heteroatoms. The topological polar surface area (TPSA) is 96.0 Å². The monoisotopic (exact) mass is 553 g/mol. The fourth-order valence-electron chi connectivity index (χ4n) is 4.53. The number of aryl methyl sites for hydroxylation is 1. The van der Waals surface area contributed by atoms with Gasteiger partial charge < -0.3 is 16.0 Å². The minimum absolute atomic E-state index is 0.205. The number of nitrogens with one attached hydrogen (secondary N) is 3. The molecule has 0 atom stereocenters. The molecule has 0 radical (unpaired) electrons. The Morgan fingerprint density at radius 1 is 1.08 bits per heavy atom. The first-order chi connectivity index (χ1) is 18.1. The lowest BCUT2D eigenvalue weighted by Crippen LogP contribution is -2.20. The molecule has 1 aliphatic rings. The molecular formula is C29H36ClN5O2S. The van der Waals surface area contributed by atoms with Gasteiger partial charge in [-0.15, -0.1) is 0 Å². The van der Waals surface area contributed by atoms with Crippen molar-refractivity contribution in [2.24, 2.45) is 5.92 Å². The van der Waals surface area contributed by atoms with Gasteiger partial charge in [0.2, 0.25) is 5.95 Å². The van der Waals surface area contributed by atoms with Gasteiger partial charge in [0, 0.05) is 12.2 Å². The highest BCUT2D eigenvalue weighted by molar-refractivity contribution is 7.92. The number of para-hydroxylation sites is 1. The molecule has 1 aromatic heterocycles. The average molecular weight is 554 g/mol. The van der Waals surface area contributed by atoms with Crippen molar-refractivity contribution in [3.05, 3.63) is 70.4 Å². The second-order valence-corrected chi connectivity index (χ2v) is 13.2. The van der Waals surface area contributed by atoms with Gasteiger partial charge in [-0.05, 0) is 92.6 Å². The van der Waals surface area contributed by atoms with E-state index in [0.29, 0.717) is 28.4 Å². The van der Waals surface area contributed by atoms with E-state index < -0.39 is 15.1 Å². The van der Waals surface area contributed by atoms with E-state index in [1.165, 1.54) is 28.5 Å². The summed E-state index contributed by atoms with van der Waals surface area (Å²) in [7, 11) is -3.51. The number of nitrogens with zero attached hydrogens (tertiary/aromatic N) is 2. The summed E-state index contributed by atoms with van der Waals surface area (Å²) in [5, 5.41) is 9.63. The fourth-order valence-corrected chi connectivity index (χ4v) is 5.87. The van der Waals surface area contributed by atoms with Gasteiger partial charge in [0.05, 0.1) is 22.0 Å². The summed E-state index contributed by atoms with van der Waals surface area (Å²) in [5.41, 5.74) is 6.42. The van der Waals surface area contributed by atoms with Crippen LogP contribution in [0.15, 0.2) is 53.6 Å². The van der Waals surface area contributed by atoms with Crippen molar-refractivity contribution in [2.75, 3.05) is 23.7 Å². The third-order valence-corrected chi connectivity index (χ3v) is 9.03. The molecule has 4 rings (SSSR count). The zero-order chi connectivity index (χ0) is 27.4. The Kier molecular flexibility index (Phi) is 8.75. The van der Waals surface area contributed by atoms with Gasteiger partial charge in [-0.25, -0.2) is 13.4 Å². The molecule has 0 spiro atoms. The highest BCUT2D eigenvalue weighted by Gasteiger charge is 2.23. The van der Waals surface area contributed by atoms with Crippen molar-refractivity contribution < 1.29 is 8.42 Å². The fraction of sp³-hybridized carbons (Fsp3) is 0.379. The van der Waals surface area contributed by atoms with Crippen molar-refractivity contribution >= 4 is 50.2 Å². The zero-order valence-corrected chi connectivity index (χ0v) is 24.2. The molecule has 3 N–H and O–H groups in total. The van der Waals surface area contributed by atoms with Gasteiger partial charge in [0.15, 0.2) is 15.7 Å². The van der Waals surface area contributed by atoms with Crippen LogP contribution in [0, 0.1) is 12.8 Å². The van der Waals surface area contributed by atoms with E-state index >= 15 is 0 Å². The van der Waals surface area contributed by atoms with Crippen LogP contribution in [-0.2, 0) is 16.3 Å². The molecule has 2 heterocycles. The first kappa shape index (κ1) is 28.1. The summed E-state index contributed by atoms with van der Waals surface area (Å²) in [6.45, 7) is 11.7. The van der Waals surface area contributed by atoms with Gasteiger partial charge in [-0.2, -0.15) is 4.98 Å². The number of hydrogen-bond donors (Lipinski definition) is 3. The largest absolute Gasteiger partial charge is 0.338 e. The van der Waals surface area contributed by atoms with Crippen LogP contribution in [0.1, 0.15) is 50.8 Å². The summed E-state index contributed by atoms with van der Waals surface area (Å²) < 4.78 is 25.8. The van der Waals surface area contributed by atoms with E-state index in [2.05, 4.69) is 64.9 Å². The van der Waals surface area contributed by atoms with Gasteiger partial charge in [0.1, 0.15) is 5.02 Å². The Morgan fingerprint density at radius 2 is 1.84 bits per heavy atom. The van der Waals surface area contributed by atoms with E-state index in [-0.39, 0.29) is 4.90 Å². The summed E-state index contributed by atoms with van der Waals surface area (Å²) in [4.78, 5) is 9.22. The molecule has 0 aliphatic carbocycles. The van der Waals surface area contributed by atoms with Gasteiger partial charge in [-0.1, -0.05) is 43.7 Å². The first-order valence-corrected chi connectivity index (χ1v) is 14.9. The Balaban J connectivity index is 1.68. The molecule has 1 aliphatic heterocycles. The highest BCUT2D eigenvalue weighted by atomic mass is 35.5. The lowest BCUT2D eigenvalue weighted by Gasteiger charge is -2.21. The Hall–Kier alpha value is -2.94. The quantitative estimate of drug-likeness (QED) is 0.272. The number of aromatic nitrogens is 2. The maximum atomic E-state index is 12.9. The standard InChI is InChI=1S/C29H36ClN5O2S/c1-18(2)14-22-16-23(21-10-12-31-13-11-21)20(5)15-26(22)34-29-32-17-24(30)28(35-29)33-25-8-6-7-9-27(25)38(36,37)19(3)4/h6-10,15-19,31H,11-14H2,1-5H3,(H2,32,33,34,35). The minimum atomic E-state index is -3.51. The third kappa shape index (κ3) is 6.37. The molecule has 7 nitrogen and oxygen atoms in total. The number of halogens is 1. The molecule has 0 unspecified atom stereocenters. The Morgan fingerprint density at radius 3 is 2.53 bits per heavy atom. The molecule has 0 bridgehead atoms. The van der Waals surface area contributed by atoms with Crippen LogP contribution >= 0.6 is 11.6 Å². The van der Waals surface area contributed by atoms with Crippen LogP contribution < -0.4 is 16.0 Å². The SMILES string of the molecule is Cc1cc(Nc2ncc(Cl)c(Nc3ccccc3S(=O)(=O)C(C)C)n2)c(CC(C)C)cc1C1=CCNCC1. The second kappa shape index (κ2) is 11.8. The molecule has 3 aromatic rings. The van der Waals surface area contributed by atoms with Crippen molar-refractivity contribution in [2.45, 2.75) is 57.6 Å². The molecule has 0 fully saturated rings. The Bertz CT molecular complexity index is 1450. The van der Waals surface area contributed by atoms with Crippen molar-refractivity contribution in [1.29, 1.82) is 0 Å². The maximum Gasteiger partial charge on any atom is 0.229 e. The molecule has 2 aromatic carbocycles. The molecule has 38 heavy (non-hydrogen) atoms. The highest BCUT2D eigenvalue weighted by Crippen LogP contribution is 2.33. The first-order valence-electron chi connectivity index (χ1n) is 13.0. The summed E-state index contributed by atoms with van der Waals surface area (Å²) in [6, 6.07) is 11.2. The summed E-state index contributed by atoms with van der Waals surface area (Å²) in [5.74, 6) is 1.17. The normalized spacial score (nSPS) is 14.1. The van der Waals surface area contributed by atoms with E-state index in [1.807, 2.05) is 0 Å². The van der Waals surface area contributed by atoms with E-state index in [0.717, 1.165) is 31.6 Å². The van der Waals surface area contributed by atoms with E-state index in [9.17, 15) is 8.42 Å². The lowest BCUT2D eigenvalue weighted by molar-refractivity contribution is 0.588. The molecule has 202 valence electrons. The van der Waals surface area contributed by atoms with Crippen LogP contribution in [0.4, 0.5) is 23.1 Å².